The standard InChI is InChI=1S/C23H23F3N2O3/c24-23(25,26)19-11-15(5-7-18(19)16-3-1-2-4-16)13-31-17-6-8-21-20(12-17)27-14-28(21)10-9-22(29)30/h5-8,11-12,14,16H,1-4,9-10,13H2,(H,29,30). The zero-order chi connectivity index (χ0) is 22.0. The number of halogens is 3. The van der Waals surface area contributed by atoms with Crippen molar-refractivity contribution in [2.45, 2.75) is 57.3 Å². The zero-order valence-corrected chi connectivity index (χ0v) is 16.9. The van der Waals surface area contributed by atoms with Gasteiger partial charge in [0.1, 0.15) is 12.4 Å². The Morgan fingerprint density at radius 1 is 1.16 bits per heavy atom. The van der Waals surface area contributed by atoms with Crippen molar-refractivity contribution in [3.63, 3.8) is 0 Å². The van der Waals surface area contributed by atoms with Gasteiger partial charge >= 0.3 is 12.1 Å². The third-order valence-corrected chi connectivity index (χ3v) is 5.78. The van der Waals surface area contributed by atoms with Gasteiger partial charge in [0, 0.05) is 12.6 Å². The van der Waals surface area contributed by atoms with Crippen molar-refractivity contribution < 1.29 is 27.8 Å². The number of aliphatic carboxylic acids is 1. The molecule has 8 heteroatoms. The molecule has 0 amide bonds. The maximum atomic E-state index is 13.6. The number of carboxylic acids is 1. The third kappa shape index (κ3) is 4.84. The molecule has 1 saturated carbocycles. The number of ether oxygens (including phenoxy) is 1. The average Bonchev–Trinajstić information content (AvgIpc) is 3.39. The lowest BCUT2D eigenvalue weighted by Gasteiger charge is -2.19. The van der Waals surface area contributed by atoms with Gasteiger partial charge < -0.3 is 14.4 Å². The van der Waals surface area contributed by atoms with Crippen LogP contribution in [0.1, 0.15) is 54.7 Å². The van der Waals surface area contributed by atoms with Gasteiger partial charge in [0.05, 0.1) is 29.3 Å². The van der Waals surface area contributed by atoms with Crippen LogP contribution in [0.4, 0.5) is 13.2 Å². The molecular weight excluding hydrogens is 409 g/mol. The van der Waals surface area contributed by atoms with Crippen LogP contribution in [0.15, 0.2) is 42.7 Å². The molecule has 1 aromatic heterocycles. The van der Waals surface area contributed by atoms with Crippen molar-refractivity contribution >= 4 is 17.0 Å². The van der Waals surface area contributed by atoms with E-state index in [-0.39, 0.29) is 18.9 Å². The number of nitrogens with zero attached hydrogens (tertiary/aromatic N) is 2. The van der Waals surface area contributed by atoms with Crippen molar-refractivity contribution in [1.29, 1.82) is 0 Å². The summed E-state index contributed by atoms with van der Waals surface area (Å²) in [4.78, 5) is 15.0. The summed E-state index contributed by atoms with van der Waals surface area (Å²) < 4.78 is 48.4. The van der Waals surface area contributed by atoms with Crippen molar-refractivity contribution in [2.75, 3.05) is 0 Å². The van der Waals surface area contributed by atoms with Crippen LogP contribution in [0.3, 0.4) is 0 Å². The predicted molar refractivity (Wildman–Crippen MR) is 109 cm³/mol. The predicted octanol–water partition coefficient (Wildman–Crippen LogP) is 5.77. The molecule has 164 valence electrons. The second kappa shape index (κ2) is 8.61. The van der Waals surface area contributed by atoms with Crippen LogP contribution >= 0.6 is 0 Å². The van der Waals surface area contributed by atoms with E-state index < -0.39 is 17.7 Å². The van der Waals surface area contributed by atoms with Gasteiger partial charge in [0.15, 0.2) is 0 Å². The fraction of sp³-hybridized carbons (Fsp3) is 0.391. The number of aryl methyl sites for hydroxylation is 1. The number of hydrogen-bond acceptors (Lipinski definition) is 3. The summed E-state index contributed by atoms with van der Waals surface area (Å²) in [5.74, 6) is -0.423. The number of carboxylic acid groups (broad SMARTS) is 1. The first kappa shape index (κ1) is 21.2. The van der Waals surface area contributed by atoms with Crippen molar-refractivity contribution in [3.05, 3.63) is 59.4 Å². The summed E-state index contributed by atoms with van der Waals surface area (Å²) in [5, 5.41) is 8.83. The van der Waals surface area contributed by atoms with E-state index >= 15 is 0 Å². The number of imidazole rings is 1. The SMILES string of the molecule is O=C(O)CCn1cnc2cc(OCc3ccc(C4CCCC4)c(C(F)(F)F)c3)ccc21. The topological polar surface area (TPSA) is 64.3 Å². The first-order valence-electron chi connectivity index (χ1n) is 10.3. The van der Waals surface area contributed by atoms with Gasteiger partial charge in [0.25, 0.3) is 0 Å². The fourth-order valence-corrected chi connectivity index (χ4v) is 4.23. The van der Waals surface area contributed by atoms with E-state index in [1.54, 1.807) is 41.2 Å². The van der Waals surface area contributed by atoms with Crippen LogP contribution in [0.25, 0.3) is 11.0 Å². The molecule has 1 N–H and O–H groups in total. The van der Waals surface area contributed by atoms with Gasteiger partial charge in [-0.1, -0.05) is 25.0 Å². The van der Waals surface area contributed by atoms with Gasteiger partial charge in [-0.2, -0.15) is 13.2 Å². The minimum atomic E-state index is -4.39. The Hall–Kier alpha value is -3.03. The maximum Gasteiger partial charge on any atom is 0.416 e. The van der Waals surface area contributed by atoms with Gasteiger partial charge in [-0.25, -0.2) is 4.98 Å². The molecule has 4 rings (SSSR count). The molecule has 0 radical (unpaired) electrons. The lowest BCUT2D eigenvalue weighted by Crippen LogP contribution is -2.12. The van der Waals surface area contributed by atoms with E-state index in [0.29, 0.717) is 28.9 Å². The second-order valence-electron chi connectivity index (χ2n) is 7.92. The Balaban J connectivity index is 1.49. The summed E-state index contributed by atoms with van der Waals surface area (Å²) in [6.45, 7) is 0.318. The molecule has 1 fully saturated rings. The summed E-state index contributed by atoms with van der Waals surface area (Å²) in [5.41, 5.74) is 1.70. The summed E-state index contributed by atoms with van der Waals surface area (Å²) in [7, 11) is 0. The second-order valence-corrected chi connectivity index (χ2v) is 7.92. The van der Waals surface area contributed by atoms with E-state index in [0.717, 1.165) is 31.2 Å². The minimum Gasteiger partial charge on any atom is -0.489 e. The highest BCUT2D eigenvalue weighted by atomic mass is 19.4. The first-order valence-corrected chi connectivity index (χ1v) is 10.3. The highest BCUT2D eigenvalue weighted by Crippen LogP contribution is 2.42. The van der Waals surface area contributed by atoms with Crippen molar-refractivity contribution in [2.24, 2.45) is 0 Å². The third-order valence-electron chi connectivity index (χ3n) is 5.78. The Labute approximate surface area is 177 Å². The quantitative estimate of drug-likeness (QED) is 0.515. The smallest absolute Gasteiger partial charge is 0.416 e. The lowest BCUT2D eigenvalue weighted by molar-refractivity contribution is -0.139. The molecule has 0 unspecified atom stereocenters. The van der Waals surface area contributed by atoms with Gasteiger partial charge in [-0.3, -0.25) is 4.79 Å². The van der Waals surface area contributed by atoms with Crippen molar-refractivity contribution in [3.8, 4) is 5.75 Å². The molecule has 0 aliphatic heterocycles. The molecule has 1 aliphatic carbocycles. The van der Waals surface area contributed by atoms with E-state index in [2.05, 4.69) is 4.98 Å². The molecule has 31 heavy (non-hydrogen) atoms. The maximum absolute atomic E-state index is 13.6. The van der Waals surface area contributed by atoms with Crippen molar-refractivity contribution in [1.82, 2.24) is 9.55 Å². The number of fused-ring (bicyclic) bond motifs is 1. The Bertz CT molecular complexity index is 1090. The van der Waals surface area contributed by atoms with Crippen LogP contribution in [-0.4, -0.2) is 20.6 Å². The number of rotatable bonds is 7. The van der Waals surface area contributed by atoms with Crippen LogP contribution in [0.5, 0.6) is 5.75 Å². The summed E-state index contributed by atoms with van der Waals surface area (Å²) >= 11 is 0. The molecule has 1 aliphatic rings. The number of hydrogen-bond donors (Lipinski definition) is 1. The monoisotopic (exact) mass is 432 g/mol. The van der Waals surface area contributed by atoms with E-state index in [1.807, 2.05) is 0 Å². The van der Waals surface area contributed by atoms with Crippen LogP contribution in [0, 0.1) is 0 Å². The molecule has 1 heterocycles. The average molecular weight is 432 g/mol. The molecule has 0 saturated heterocycles. The highest BCUT2D eigenvalue weighted by Gasteiger charge is 2.36. The summed E-state index contributed by atoms with van der Waals surface area (Å²) in [6.07, 6.45) is 0.714. The number of carbonyl (C=O) groups is 1. The van der Waals surface area contributed by atoms with Gasteiger partial charge in [-0.15, -0.1) is 0 Å². The Kier molecular flexibility index (Phi) is 5.89. The number of alkyl halides is 3. The normalized spacial score (nSPS) is 14.9. The first-order chi connectivity index (χ1) is 14.8. The van der Waals surface area contributed by atoms with Gasteiger partial charge in [-0.05, 0) is 48.1 Å². The molecule has 3 aromatic rings. The number of benzene rings is 2. The van der Waals surface area contributed by atoms with E-state index in [1.165, 1.54) is 6.07 Å². The van der Waals surface area contributed by atoms with E-state index in [9.17, 15) is 18.0 Å². The fourth-order valence-electron chi connectivity index (χ4n) is 4.23. The molecule has 0 spiro atoms. The van der Waals surface area contributed by atoms with Crippen LogP contribution in [-0.2, 0) is 24.1 Å². The molecular formula is C23H23F3N2O3. The molecule has 0 bridgehead atoms. The minimum absolute atomic E-state index is 0.0118. The largest absolute Gasteiger partial charge is 0.489 e. The van der Waals surface area contributed by atoms with Crippen LogP contribution in [0.2, 0.25) is 0 Å². The summed E-state index contributed by atoms with van der Waals surface area (Å²) in [6, 6.07) is 9.69. The Morgan fingerprint density at radius 3 is 2.65 bits per heavy atom. The molecule has 0 atom stereocenters. The lowest BCUT2D eigenvalue weighted by atomic mass is 9.91. The highest BCUT2D eigenvalue weighted by molar-refractivity contribution is 5.77. The molecule has 5 nitrogen and oxygen atoms in total. The Morgan fingerprint density at radius 2 is 1.94 bits per heavy atom. The van der Waals surface area contributed by atoms with Crippen LogP contribution < -0.4 is 4.74 Å². The zero-order valence-electron chi connectivity index (χ0n) is 16.9. The molecule has 2 aromatic carbocycles. The van der Waals surface area contributed by atoms with E-state index in [4.69, 9.17) is 9.84 Å². The number of aromatic nitrogens is 2. The van der Waals surface area contributed by atoms with Gasteiger partial charge in [0.2, 0.25) is 0 Å².